The van der Waals surface area contributed by atoms with Gasteiger partial charge in [-0.25, -0.2) is 0 Å². The maximum Gasteiger partial charge on any atom is 0.0920 e. The van der Waals surface area contributed by atoms with Crippen molar-refractivity contribution in [2.24, 2.45) is 5.73 Å². The topological polar surface area (TPSA) is 49.5 Å². The average molecular weight is 310 g/mol. The van der Waals surface area contributed by atoms with Gasteiger partial charge in [0.15, 0.2) is 0 Å². The van der Waals surface area contributed by atoms with Crippen molar-refractivity contribution in [2.75, 3.05) is 19.6 Å². The van der Waals surface area contributed by atoms with Gasteiger partial charge < -0.3 is 10.8 Å². The summed E-state index contributed by atoms with van der Waals surface area (Å²) in [7, 11) is 0. The van der Waals surface area contributed by atoms with E-state index in [1.165, 1.54) is 11.1 Å². The fourth-order valence-electron chi connectivity index (χ4n) is 3.35. The van der Waals surface area contributed by atoms with Gasteiger partial charge in [0.25, 0.3) is 0 Å². The Morgan fingerprint density at radius 3 is 2.13 bits per heavy atom. The Bertz CT molecular complexity index is 601. The number of hydrogen-bond acceptors (Lipinski definition) is 3. The fourth-order valence-corrected chi connectivity index (χ4v) is 3.35. The van der Waals surface area contributed by atoms with Crippen molar-refractivity contribution in [2.45, 2.75) is 31.4 Å². The molecule has 23 heavy (non-hydrogen) atoms. The summed E-state index contributed by atoms with van der Waals surface area (Å²) in [5.41, 5.74) is 8.60. The van der Waals surface area contributed by atoms with Crippen molar-refractivity contribution in [1.82, 2.24) is 4.90 Å². The van der Waals surface area contributed by atoms with Gasteiger partial charge >= 0.3 is 0 Å². The SMILES string of the molecule is NCCc1ccc(CN2CCC(O)(c3ccccc3)CC2)cc1. The molecule has 3 rings (SSSR count). The zero-order valence-electron chi connectivity index (χ0n) is 13.6. The van der Waals surface area contributed by atoms with E-state index < -0.39 is 5.60 Å². The molecule has 0 aromatic heterocycles. The van der Waals surface area contributed by atoms with E-state index in [1.54, 1.807) is 0 Å². The van der Waals surface area contributed by atoms with Gasteiger partial charge in [-0.3, -0.25) is 4.90 Å². The van der Waals surface area contributed by atoms with E-state index in [0.717, 1.165) is 44.5 Å². The van der Waals surface area contributed by atoms with Crippen LogP contribution in [0.4, 0.5) is 0 Å². The highest BCUT2D eigenvalue weighted by Gasteiger charge is 2.33. The molecule has 0 radical (unpaired) electrons. The van der Waals surface area contributed by atoms with Crippen LogP contribution in [-0.4, -0.2) is 29.6 Å². The summed E-state index contributed by atoms with van der Waals surface area (Å²) >= 11 is 0. The molecule has 1 saturated heterocycles. The molecule has 3 heteroatoms. The molecule has 3 nitrogen and oxygen atoms in total. The molecule has 0 bridgehead atoms. The third-order valence-electron chi connectivity index (χ3n) is 4.86. The molecule has 1 aliphatic heterocycles. The summed E-state index contributed by atoms with van der Waals surface area (Å²) < 4.78 is 0. The molecule has 0 saturated carbocycles. The zero-order valence-corrected chi connectivity index (χ0v) is 13.6. The number of piperidine rings is 1. The van der Waals surface area contributed by atoms with E-state index >= 15 is 0 Å². The molecule has 1 aliphatic rings. The van der Waals surface area contributed by atoms with Crippen LogP contribution >= 0.6 is 0 Å². The van der Waals surface area contributed by atoms with Crippen LogP contribution in [0.5, 0.6) is 0 Å². The van der Waals surface area contributed by atoms with Crippen molar-refractivity contribution < 1.29 is 5.11 Å². The fraction of sp³-hybridized carbons (Fsp3) is 0.400. The summed E-state index contributed by atoms with van der Waals surface area (Å²) in [6.07, 6.45) is 2.53. The molecule has 0 unspecified atom stereocenters. The third kappa shape index (κ3) is 3.99. The highest BCUT2D eigenvalue weighted by Crippen LogP contribution is 2.33. The minimum Gasteiger partial charge on any atom is -0.385 e. The Labute approximate surface area is 138 Å². The van der Waals surface area contributed by atoms with E-state index in [-0.39, 0.29) is 0 Å². The molecule has 1 fully saturated rings. The lowest BCUT2D eigenvalue weighted by molar-refractivity contribution is -0.0277. The summed E-state index contributed by atoms with van der Waals surface area (Å²) in [6.45, 7) is 3.50. The second kappa shape index (κ2) is 7.26. The van der Waals surface area contributed by atoms with E-state index in [1.807, 2.05) is 30.3 Å². The molecule has 0 atom stereocenters. The van der Waals surface area contributed by atoms with Gasteiger partial charge in [-0.1, -0.05) is 54.6 Å². The first-order valence-corrected chi connectivity index (χ1v) is 8.48. The summed E-state index contributed by atoms with van der Waals surface area (Å²) in [6, 6.07) is 18.8. The first kappa shape index (κ1) is 16.2. The van der Waals surface area contributed by atoms with Crippen molar-refractivity contribution in [3.63, 3.8) is 0 Å². The standard InChI is InChI=1S/C20H26N2O/c21-13-10-17-6-8-18(9-7-17)16-22-14-11-20(23,12-15-22)19-4-2-1-3-5-19/h1-9,23H,10-16,21H2. The molecule has 2 aromatic rings. The van der Waals surface area contributed by atoms with E-state index in [9.17, 15) is 5.11 Å². The molecular weight excluding hydrogens is 284 g/mol. The number of nitrogens with two attached hydrogens (primary N) is 1. The first-order valence-electron chi connectivity index (χ1n) is 8.48. The van der Waals surface area contributed by atoms with Crippen LogP contribution in [0.1, 0.15) is 29.5 Å². The number of benzene rings is 2. The van der Waals surface area contributed by atoms with Crippen molar-refractivity contribution in [1.29, 1.82) is 0 Å². The second-order valence-electron chi connectivity index (χ2n) is 6.53. The largest absolute Gasteiger partial charge is 0.385 e. The normalized spacial score (nSPS) is 18.0. The highest BCUT2D eigenvalue weighted by molar-refractivity contribution is 5.24. The Balaban J connectivity index is 1.57. The smallest absolute Gasteiger partial charge is 0.0920 e. The van der Waals surface area contributed by atoms with Crippen LogP contribution in [-0.2, 0) is 18.6 Å². The quantitative estimate of drug-likeness (QED) is 0.892. The number of aliphatic hydroxyl groups is 1. The maximum absolute atomic E-state index is 10.9. The third-order valence-corrected chi connectivity index (χ3v) is 4.86. The van der Waals surface area contributed by atoms with Gasteiger partial charge in [0, 0.05) is 19.6 Å². The second-order valence-corrected chi connectivity index (χ2v) is 6.53. The average Bonchev–Trinajstić information content (AvgIpc) is 2.60. The lowest BCUT2D eigenvalue weighted by Crippen LogP contribution is -2.42. The lowest BCUT2D eigenvalue weighted by atomic mass is 9.84. The minimum atomic E-state index is -0.664. The van der Waals surface area contributed by atoms with E-state index in [4.69, 9.17) is 5.73 Å². The number of hydrogen-bond donors (Lipinski definition) is 2. The predicted molar refractivity (Wildman–Crippen MR) is 94.1 cm³/mol. The lowest BCUT2D eigenvalue weighted by Gasteiger charge is -2.38. The Kier molecular flexibility index (Phi) is 5.11. The molecule has 3 N–H and O–H groups in total. The van der Waals surface area contributed by atoms with Crippen LogP contribution in [0, 0.1) is 0 Å². The molecule has 1 heterocycles. The maximum atomic E-state index is 10.9. The number of likely N-dealkylation sites (tertiary alicyclic amines) is 1. The molecule has 0 amide bonds. The van der Waals surface area contributed by atoms with Gasteiger partial charge in [-0.05, 0) is 42.5 Å². The van der Waals surface area contributed by atoms with Crippen molar-refractivity contribution >= 4 is 0 Å². The Hall–Kier alpha value is -1.68. The highest BCUT2D eigenvalue weighted by atomic mass is 16.3. The van der Waals surface area contributed by atoms with E-state index in [0.29, 0.717) is 6.54 Å². The molecule has 0 spiro atoms. The Morgan fingerprint density at radius 2 is 1.52 bits per heavy atom. The van der Waals surface area contributed by atoms with Crippen LogP contribution in [0.2, 0.25) is 0 Å². The van der Waals surface area contributed by atoms with Gasteiger partial charge in [0.05, 0.1) is 5.60 Å². The van der Waals surface area contributed by atoms with E-state index in [2.05, 4.69) is 29.2 Å². The van der Waals surface area contributed by atoms with Crippen molar-refractivity contribution in [3.05, 3.63) is 71.3 Å². The Morgan fingerprint density at radius 1 is 0.913 bits per heavy atom. The first-order chi connectivity index (χ1) is 11.2. The zero-order chi connectivity index (χ0) is 16.1. The summed E-state index contributed by atoms with van der Waals surface area (Å²) in [5, 5.41) is 10.9. The van der Waals surface area contributed by atoms with Crippen LogP contribution < -0.4 is 5.73 Å². The monoisotopic (exact) mass is 310 g/mol. The van der Waals surface area contributed by atoms with Gasteiger partial charge in [-0.2, -0.15) is 0 Å². The van der Waals surface area contributed by atoms with Crippen LogP contribution in [0.25, 0.3) is 0 Å². The molecule has 122 valence electrons. The van der Waals surface area contributed by atoms with Gasteiger partial charge in [0.2, 0.25) is 0 Å². The summed E-state index contributed by atoms with van der Waals surface area (Å²) in [4.78, 5) is 2.43. The predicted octanol–water partition coefficient (Wildman–Crippen LogP) is 2.67. The van der Waals surface area contributed by atoms with Gasteiger partial charge in [-0.15, -0.1) is 0 Å². The summed E-state index contributed by atoms with van der Waals surface area (Å²) in [5.74, 6) is 0. The molecule has 0 aliphatic carbocycles. The minimum absolute atomic E-state index is 0.664. The van der Waals surface area contributed by atoms with Crippen molar-refractivity contribution in [3.8, 4) is 0 Å². The number of rotatable bonds is 5. The number of nitrogens with zero attached hydrogens (tertiary/aromatic N) is 1. The van der Waals surface area contributed by atoms with Gasteiger partial charge in [0.1, 0.15) is 0 Å². The molecule has 2 aromatic carbocycles. The van der Waals surface area contributed by atoms with Crippen LogP contribution in [0.15, 0.2) is 54.6 Å². The molecular formula is C20H26N2O. The van der Waals surface area contributed by atoms with Crippen LogP contribution in [0.3, 0.4) is 0 Å².